The number of hydrogen-bond donors (Lipinski definition) is 0. The van der Waals surface area contributed by atoms with E-state index >= 15 is 0 Å². The van der Waals surface area contributed by atoms with Crippen molar-refractivity contribution in [3.63, 3.8) is 0 Å². The van der Waals surface area contributed by atoms with Crippen molar-refractivity contribution >= 4 is 5.78 Å². The molecule has 0 saturated carbocycles. The van der Waals surface area contributed by atoms with E-state index in [0.29, 0.717) is 11.7 Å². The van der Waals surface area contributed by atoms with Crippen molar-refractivity contribution in [1.29, 1.82) is 0 Å². The molecule has 0 saturated heterocycles. The van der Waals surface area contributed by atoms with Gasteiger partial charge >= 0.3 is 0 Å². The van der Waals surface area contributed by atoms with Gasteiger partial charge in [0.2, 0.25) is 0 Å². The molecule has 13 heavy (non-hydrogen) atoms. The lowest BCUT2D eigenvalue weighted by Gasteiger charge is -2.17. The van der Waals surface area contributed by atoms with Crippen LogP contribution in [-0.4, -0.2) is 5.78 Å². The van der Waals surface area contributed by atoms with Gasteiger partial charge in [-0.1, -0.05) is 40.0 Å². The lowest BCUT2D eigenvalue weighted by atomic mass is 9.88. The Kier molecular flexibility index (Phi) is 6.93. The average molecular weight is 184 g/mol. The predicted molar refractivity (Wildman–Crippen MR) is 57.8 cm³/mol. The van der Waals surface area contributed by atoms with Crippen molar-refractivity contribution in [2.45, 2.75) is 59.8 Å². The molecule has 0 aliphatic heterocycles. The Labute approximate surface area is 82.9 Å². The monoisotopic (exact) mass is 184 g/mol. The Morgan fingerprint density at radius 2 is 1.92 bits per heavy atom. The van der Waals surface area contributed by atoms with Crippen LogP contribution in [0.2, 0.25) is 0 Å². The number of Topliss-reactive ketones (excluding diaryl/α,β-unsaturated/α-hetero) is 1. The molecule has 0 bridgehead atoms. The molecule has 0 rings (SSSR count). The highest BCUT2D eigenvalue weighted by Crippen LogP contribution is 2.21. The van der Waals surface area contributed by atoms with Gasteiger partial charge in [0.15, 0.2) is 0 Å². The highest BCUT2D eigenvalue weighted by Gasteiger charge is 2.12. The summed E-state index contributed by atoms with van der Waals surface area (Å²) in [6.07, 6.45) is 5.74. The van der Waals surface area contributed by atoms with Gasteiger partial charge in [0.25, 0.3) is 0 Å². The summed E-state index contributed by atoms with van der Waals surface area (Å²) in [4.78, 5) is 11.0. The molecule has 0 fully saturated rings. The Bertz CT molecular complexity index is 138. The molecule has 1 atom stereocenters. The maximum atomic E-state index is 11.0. The molecule has 78 valence electrons. The molecule has 0 radical (unpaired) electrons. The molecule has 0 aromatic rings. The van der Waals surface area contributed by atoms with Crippen molar-refractivity contribution in [2.24, 2.45) is 11.8 Å². The molecule has 0 heterocycles. The summed E-state index contributed by atoms with van der Waals surface area (Å²) in [5, 5.41) is 0. The van der Waals surface area contributed by atoms with Crippen LogP contribution in [0, 0.1) is 11.8 Å². The van der Waals surface area contributed by atoms with E-state index in [1.54, 1.807) is 6.92 Å². The standard InChI is InChI=1S/C12H24O/c1-5-6-7-12(8-10(2)3)9-11(4)13/h10,12H,5-9H2,1-4H3. The zero-order valence-electron chi connectivity index (χ0n) is 9.60. The second-order valence-corrected chi connectivity index (χ2v) is 4.54. The summed E-state index contributed by atoms with van der Waals surface area (Å²) in [5.74, 6) is 1.71. The van der Waals surface area contributed by atoms with Gasteiger partial charge in [0, 0.05) is 6.42 Å². The topological polar surface area (TPSA) is 17.1 Å². The van der Waals surface area contributed by atoms with Gasteiger partial charge < -0.3 is 4.79 Å². The first-order valence-corrected chi connectivity index (χ1v) is 5.55. The lowest BCUT2D eigenvalue weighted by molar-refractivity contribution is -0.118. The Hall–Kier alpha value is -0.330. The van der Waals surface area contributed by atoms with Gasteiger partial charge in [-0.3, -0.25) is 0 Å². The van der Waals surface area contributed by atoms with Gasteiger partial charge in [-0.25, -0.2) is 0 Å². The quantitative estimate of drug-likeness (QED) is 0.588. The van der Waals surface area contributed by atoms with Crippen LogP contribution < -0.4 is 0 Å². The normalized spacial score (nSPS) is 13.3. The summed E-state index contributed by atoms with van der Waals surface area (Å²) in [7, 11) is 0. The Morgan fingerprint density at radius 3 is 2.31 bits per heavy atom. The maximum absolute atomic E-state index is 11.0. The van der Waals surface area contributed by atoms with Gasteiger partial charge in [0.1, 0.15) is 5.78 Å². The van der Waals surface area contributed by atoms with E-state index in [2.05, 4.69) is 20.8 Å². The molecule has 0 aliphatic rings. The minimum atomic E-state index is 0.349. The summed E-state index contributed by atoms with van der Waals surface area (Å²) in [6.45, 7) is 8.39. The summed E-state index contributed by atoms with van der Waals surface area (Å²) in [6, 6.07) is 0. The fourth-order valence-electron chi connectivity index (χ4n) is 1.87. The van der Waals surface area contributed by atoms with Crippen molar-refractivity contribution in [3.05, 3.63) is 0 Å². The molecule has 1 heteroatoms. The molecule has 0 aromatic heterocycles. The Balaban J connectivity index is 3.80. The SMILES string of the molecule is CCCCC(CC(C)=O)CC(C)C. The molecular weight excluding hydrogens is 160 g/mol. The van der Waals surface area contributed by atoms with Crippen LogP contribution in [0.1, 0.15) is 59.8 Å². The zero-order valence-corrected chi connectivity index (χ0v) is 9.60. The molecule has 0 aliphatic carbocycles. The second-order valence-electron chi connectivity index (χ2n) is 4.54. The van der Waals surface area contributed by atoms with E-state index in [1.165, 1.54) is 25.7 Å². The van der Waals surface area contributed by atoms with Gasteiger partial charge in [0.05, 0.1) is 0 Å². The second kappa shape index (κ2) is 7.11. The first kappa shape index (κ1) is 12.7. The molecule has 0 aromatic carbocycles. The van der Waals surface area contributed by atoms with E-state index in [9.17, 15) is 4.79 Å². The van der Waals surface area contributed by atoms with Gasteiger partial charge in [-0.15, -0.1) is 0 Å². The van der Waals surface area contributed by atoms with Gasteiger partial charge in [-0.2, -0.15) is 0 Å². The summed E-state index contributed by atoms with van der Waals surface area (Å²) in [5.41, 5.74) is 0. The summed E-state index contributed by atoms with van der Waals surface area (Å²) < 4.78 is 0. The van der Waals surface area contributed by atoms with Crippen LogP contribution in [-0.2, 0) is 4.79 Å². The van der Waals surface area contributed by atoms with E-state index in [4.69, 9.17) is 0 Å². The predicted octanol–water partition coefficient (Wildman–Crippen LogP) is 3.82. The number of rotatable bonds is 7. The number of carbonyl (C=O) groups excluding carboxylic acids is 1. The number of unbranched alkanes of at least 4 members (excludes halogenated alkanes) is 1. The molecule has 0 N–H and O–H groups in total. The smallest absolute Gasteiger partial charge is 0.130 e. The van der Waals surface area contributed by atoms with Crippen molar-refractivity contribution in [1.82, 2.24) is 0 Å². The fourth-order valence-corrected chi connectivity index (χ4v) is 1.87. The van der Waals surface area contributed by atoms with Crippen LogP contribution in [0.15, 0.2) is 0 Å². The largest absolute Gasteiger partial charge is 0.300 e. The molecular formula is C12H24O. The maximum Gasteiger partial charge on any atom is 0.130 e. The molecule has 0 spiro atoms. The fraction of sp³-hybridized carbons (Fsp3) is 0.917. The average Bonchev–Trinajstić information content (AvgIpc) is 1.98. The number of ketones is 1. The van der Waals surface area contributed by atoms with E-state index in [0.717, 1.165) is 12.3 Å². The summed E-state index contributed by atoms with van der Waals surface area (Å²) >= 11 is 0. The van der Waals surface area contributed by atoms with Crippen molar-refractivity contribution < 1.29 is 4.79 Å². The van der Waals surface area contributed by atoms with Crippen LogP contribution >= 0.6 is 0 Å². The van der Waals surface area contributed by atoms with Crippen LogP contribution in [0.25, 0.3) is 0 Å². The molecule has 1 unspecified atom stereocenters. The zero-order chi connectivity index (χ0) is 10.3. The van der Waals surface area contributed by atoms with Crippen LogP contribution in [0.3, 0.4) is 0 Å². The van der Waals surface area contributed by atoms with E-state index in [-0.39, 0.29) is 0 Å². The first-order chi connectivity index (χ1) is 6.06. The molecule has 0 amide bonds. The highest BCUT2D eigenvalue weighted by atomic mass is 16.1. The number of hydrogen-bond acceptors (Lipinski definition) is 1. The third kappa shape index (κ3) is 8.01. The minimum absolute atomic E-state index is 0.349. The minimum Gasteiger partial charge on any atom is -0.300 e. The van der Waals surface area contributed by atoms with Crippen LogP contribution in [0.5, 0.6) is 0 Å². The highest BCUT2D eigenvalue weighted by molar-refractivity contribution is 5.75. The molecule has 1 nitrogen and oxygen atoms in total. The van der Waals surface area contributed by atoms with E-state index in [1.807, 2.05) is 0 Å². The third-order valence-electron chi connectivity index (χ3n) is 2.35. The van der Waals surface area contributed by atoms with E-state index < -0.39 is 0 Å². The third-order valence-corrected chi connectivity index (χ3v) is 2.35. The van der Waals surface area contributed by atoms with Gasteiger partial charge in [-0.05, 0) is 25.2 Å². The number of carbonyl (C=O) groups is 1. The Morgan fingerprint density at radius 1 is 1.31 bits per heavy atom. The van der Waals surface area contributed by atoms with Crippen molar-refractivity contribution in [2.75, 3.05) is 0 Å². The van der Waals surface area contributed by atoms with Crippen molar-refractivity contribution in [3.8, 4) is 0 Å². The van der Waals surface area contributed by atoms with Crippen LogP contribution in [0.4, 0.5) is 0 Å². The first-order valence-electron chi connectivity index (χ1n) is 5.55. The lowest BCUT2D eigenvalue weighted by Crippen LogP contribution is -2.09.